The Kier molecular flexibility index (Phi) is 5.03. The SMILES string of the molecule is CSCc1coc(-c2cncc([C@]34CC[C@@H](c5cc(-c6c(F)cccc6F)nnc53)C4(C)C)n2)n1. The molecular weight excluding hydrogens is 468 g/mol. The number of halogens is 2. The van der Waals surface area contributed by atoms with Gasteiger partial charge in [0.1, 0.15) is 23.6 Å². The van der Waals surface area contributed by atoms with E-state index in [0.717, 1.165) is 41.2 Å². The summed E-state index contributed by atoms with van der Waals surface area (Å²) in [4.78, 5) is 14.0. The molecule has 2 bridgehead atoms. The van der Waals surface area contributed by atoms with Crippen LogP contribution in [-0.2, 0) is 11.2 Å². The lowest BCUT2D eigenvalue weighted by atomic mass is 9.66. The van der Waals surface area contributed by atoms with E-state index in [1.165, 1.54) is 18.2 Å². The van der Waals surface area contributed by atoms with Gasteiger partial charge in [-0.3, -0.25) is 4.98 Å². The molecule has 0 radical (unpaired) electrons. The second-order valence-corrected chi connectivity index (χ2v) is 10.6. The third kappa shape index (κ3) is 3.10. The summed E-state index contributed by atoms with van der Waals surface area (Å²) < 4.78 is 34.6. The van der Waals surface area contributed by atoms with Crippen LogP contribution in [0.15, 0.2) is 47.3 Å². The highest BCUT2D eigenvalue weighted by Crippen LogP contribution is 2.69. The number of thioether (sulfide) groups is 1. The van der Waals surface area contributed by atoms with Gasteiger partial charge in [-0.15, -0.1) is 5.10 Å². The summed E-state index contributed by atoms with van der Waals surface area (Å²) in [6.45, 7) is 4.40. The highest BCUT2D eigenvalue weighted by molar-refractivity contribution is 7.97. The zero-order valence-electron chi connectivity index (χ0n) is 19.5. The average Bonchev–Trinajstić information content (AvgIpc) is 3.47. The molecule has 2 aliphatic carbocycles. The van der Waals surface area contributed by atoms with Gasteiger partial charge in [0.05, 0.1) is 40.0 Å². The van der Waals surface area contributed by atoms with Crippen molar-refractivity contribution in [3.05, 3.63) is 77.2 Å². The molecule has 9 heteroatoms. The molecule has 0 unspecified atom stereocenters. The summed E-state index contributed by atoms with van der Waals surface area (Å²) in [6.07, 6.45) is 8.83. The van der Waals surface area contributed by atoms with E-state index in [-0.39, 0.29) is 22.6 Å². The molecule has 0 aliphatic heterocycles. The first-order valence-electron chi connectivity index (χ1n) is 11.5. The third-order valence-corrected chi connectivity index (χ3v) is 8.32. The molecule has 1 saturated carbocycles. The van der Waals surface area contributed by atoms with Gasteiger partial charge in [-0.05, 0) is 54.2 Å². The lowest BCUT2D eigenvalue weighted by Crippen LogP contribution is -2.38. The maximum absolute atomic E-state index is 14.5. The van der Waals surface area contributed by atoms with Crippen molar-refractivity contribution in [2.45, 2.75) is 43.8 Å². The van der Waals surface area contributed by atoms with Crippen LogP contribution in [0.1, 0.15) is 55.3 Å². The molecular formula is C26H23F2N5OS. The molecule has 6 nitrogen and oxygen atoms in total. The quantitative estimate of drug-likeness (QED) is 0.342. The number of nitrogens with zero attached hydrogens (tertiary/aromatic N) is 5. The Bertz CT molecular complexity index is 1440. The number of rotatable bonds is 5. The van der Waals surface area contributed by atoms with Crippen LogP contribution in [0.3, 0.4) is 0 Å². The fourth-order valence-corrected chi connectivity index (χ4v) is 6.50. The number of benzene rings is 1. The van der Waals surface area contributed by atoms with Crippen LogP contribution in [0.2, 0.25) is 0 Å². The van der Waals surface area contributed by atoms with Crippen LogP contribution in [-0.4, -0.2) is 31.4 Å². The van der Waals surface area contributed by atoms with Crippen LogP contribution in [0.25, 0.3) is 22.8 Å². The second kappa shape index (κ2) is 7.91. The fourth-order valence-electron chi connectivity index (χ4n) is 6.07. The van der Waals surface area contributed by atoms with Crippen molar-refractivity contribution >= 4 is 11.8 Å². The van der Waals surface area contributed by atoms with Crippen molar-refractivity contribution in [3.8, 4) is 22.8 Å². The number of hydrogen-bond donors (Lipinski definition) is 0. The number of fused-ring (bicyclic) bond motifs is 5. The highest BCUT2D eigenvalue weighted by atomic mass is 32.2. The van der Waals surface area contributed by atoms with Gasteiger partial charge in [-0.2, -0.15) is 16.9 Å². The number of hydrogen-bond acceptors (Lipinski definition) is 7. The molecule has 4 aromatic rings. The Morgan fingerprint density at radius 1 is 1.09 bits per heavy atom. The molecule has 2 aliphatic rings. The Morgan fingerprint density at radius 2 is 1.89 bits per heavy atom. The minimum Gasteiger partial charge on any atom is -0.443 e. The van der Waals surface area contributed by atoms with Gasteiger partial charge in [0.25, 0.3) is 0 Å². The minimum absolute atomic E-state index is 0.149. The largest absolute Gasteiger partial charge is 0.443 e. The number of oxazole rings is 1. The third-order valence-electron chi connectivity index (χ3n) is 7.74. The first-order chi connectivity index (χ1) is 16.9. The monoisotopic (exact) mass is 491 g/mol. The Morgan fingerprint density at radius 3 is 2.66 bits per heavy atom. The Labute approximate surface area is 205 Å². The van der Waals surface area contributed by atoms with E-state index in [2.05, 4.69) is 34.0 Å². The lowest BCUT2D eigenvalue weighted by molar-refractivity contribution is 0.242. The van der Waals surface area contributed by atoms with E-state index in [1.54, 1.807) is 36.5 Å². The molecule has 0 spiro atoms. The fraction of sp³-hybridized carbons (Fsp3) is 0.346. The van der Waals surface area contributed by atoms with Crippen molar-refractivity contribution in [2.24, 2.45) is 5.41 Å². The van der Waals surface area contributed by atoms with Crippen LogP contribution >= 0.6 is 11.8 Å². The summed E-state index contributed by atoms with van der Waals surface area (Å²) in [7, 11) is 0. The van der Waals surface area contributed by atoms with Crippen molar-refractivity contribution in [1.29, 1.82) is 0 Å². The molecule has 3 heterocycles. The molecule has 1 fully saturated rings. The zero-order valence-corrected chi connectivity index (χ0v) is 20.4. The molecule has 2 atom stereocenters. The molecule has 178 valence electrons. The van der Waals surface area contributed by atoms with Gasteiger partial charge in [-0.1, -0.05) is 19.9 Å². The van der Waals surface area contributed by atoms with E-state index < -0.39 is 17.0 Å². The number of aromatic nitrogens is 5. The smallest absolute Gasteiger partial charge is 0.246 e. The lowest BCUT2D eigenvalue weighted by Gasteiger charge is -2.37. The summed E-state index contributed by atoms with van der Waals surface area (Å²) in [5.74, 6) is 0.0377. The normalized spacial score (nSPS) is 21.9. The van der Waals surface area contributed by atoms with E-state index in [1.807, 2.05) is 6.26 Å². The van der Waals surface area contributed by atoms with Crippen molar-refractivity contribution < 1.29 is 13.2 Å². The predicted molar refractivity (Wildman–Crippen MR) is 129 cm³/mol. The van der Waals surface area contributed by atoms with Crippen LogP contribution in [0.4, 0.5) is 8.78 Å². The molecule has 3 aromatic heterocycles. The summed E-state index contributed by atoms with van der Waals surface area (Å²) in [6, 6.07) is 5.62. The van der Waals surface area contributed by atoms with E-state index in [0.29, 0.717) is 11.6 Å². The summed E-state index contributed by atoms with van der Waals surface area (Å²) >= 11 is 1.67. The maximum Gasteiger partial charge on any atom is 0.246 e. The van der Waals surface area contributed by atoms with Crippen LogP contribution in [0.5, 0.6) is 0 Å². The minimum atomic E-state index is -0.651. The van der Waals surface area contributed by atoms with Crippen LogP contribution in [0, 0.1) is 17.0 Å². The van der Waals surface area contributed by atoms with Crippen molar-refractivity contribution in [2.75, 3.05) is 6.26 Å². The molecule has 35 heavy (non-hydrogen) atoms. The average molecular weight is 492 g/mol. The predicted octanol–water partition coefficient (Wildman–Crippen LogP) is 5.93. The maximum atomic E-state index is 14.5. The van der Waals surface area contributed by atoms with Gasteiger partial charge in [0, 0.05) is 11.9 Å². The topological polar surface area (TPSA) is 77.6 Å². The standard InChI is InChI=1S/C26H23F2N5OS/c1-25(2)16-7-8-26(25,21-11-29-10-20(31-21)24-30-14(12-34-24)13-35-3)23-15(16)9-19(32-33-23)22-17(27)5-4-6-18(22)28/h4-6,9-12,16H,7-8,13H2,1-3H3/t16-,26+/m0/s1. The van der Waals surface area contributed by atoms with Gasteiger partial charge in [0.15, 0.2) is 0 Å². The second-order valence-electron chi connectivity index (χ2n) is 9.72. The summed E-state index contributed by atoms with van der Waals surface area (Å²) in [5, 5.41) is 8.87. The van der Waals surface area contributed by atoms with E-state index in [9.17, 15) is 8.78 Å². The zero-order chi connectivity index (χ0) is 24.4. The van der Waals surface area contributed by atoms with Gasteiger partial charge in [-0.25, -0.2) is 18.7 Å². The van der Waals surface area contributed by atoms with Gasteiger partial charge < -0.3 is 4.42 Å². The molecule has 0 saturated heterocycles. The van der Waals surface area contributed by atoms with E-state index >= 15 is 0 Å². The Hall–Kier alpha value is -3.20. The molecule has 0 amide bonds. The molecule has 0 N–H and O–H groups in total. The van der Waals surface area contributed by atoms with Crippen molar-refractivity contribution in [1.82, 2.24) is 25.1 Å². The molecule has 6 rings (SSSR count). The summed E-state index contributed by atoms with van der Waals surface area (Å²) in [5.41, 5.74) is 3.27. The van der Waals surface area contributed by atoms with Gasteiger partial charge in [0.2, 0.25) is 5.89 Å². The highest BCUT2D eigenvalue weighted by Gasteiger charge is 2.65. The molecule has 1 aromatic carbocycles. The first kappa shape index (κ1) is 22.3. The Balaban J connectivity index is 1.48. The van der Waals surface area contributed by atoms with Crippen LogP contribution < -0.4 is 0 Å². The first-order valence-corrected chi connectivity index (χ1v) is 12.8. The van der Waals surface area contributed by atoms with Crippen molar-refractivity contribution in [3.63, 3.8) is 0 Å². The van der Waals surface area contributed by atoms with Gasteiger partial charge >= 0.3 is 0 Å². The van der Waals surface area contributed by atoms with E-state index in [4.69, 9.17) is 9.40 Å².